The van der Waals surface area contributed by atoms with Gasteiger partial charge in [0.2, 0.25) is 5.91 Å². The van der Waals surface area contributed by atoms with Gasteiger partial charge in [-0.1, -0.05) is 26.0 Å². The normalized spacial score (nSPS) is 14.2. The molecule has 1 rings (SSSR count). The lowest BCUT2D eigenvalue weighted by Gasteiger charge is -2.14. The van der Waals surface area contributed by atoms with E-state index in [1.54, 1.807) is 31.2 Å². The summed E-state index contributed by atoms with van der Waals surface area (Å²) >= 11 is 0. The van der Waals surface area contributed by atoms with Crippen molar-refractivity contribution in [3.8, 4) is 0 Å². The number of hydrogen-bond donors (Lipinski definition) is 2. The standard InChI is InChI=1S/C13H20N2O2S/c1-9(2)8-18(17)10(3)13(16)15-12-7-5-4-6-11(12)14/h4-7,9-10H,8,14H2,1-3H3,(H,15,16). The van der Waals surface area contributed by atoms with Gasteiger partial charge in [-0.2, -0.15) is 0 Å². The predicted molar refractivity (Wildman–Crippen MR) is 76.8 cm³/mol. The molecule has 0 heterocycles. The zero-order chi connectivity index (χ0) is 13.7. The fourth-order valence-electron chi connectivity index (χ4n) is 1.44. The van der Waals surface area contributed by atoms with Crippen molar-refractivity contribution >= 4 is 28.1 Å². The van der Waals surface area contributed by atoms with Crippen LogP contribution in [0, 0.1) is 5.92 Å². The average Bonchev–Trinajstić information content (AvgIpc) is 2.30. The summed E-state index contributed by atoms with van der Waals surface area (Å²) in [6.45, 7) is 5.64. The predicted octanol–water partition coefficient (Wildman–Crippen LogP) is 2.00. The highest BCUT2D eigenvalue weighted by Gasteiger charge is 2.21. The van der Waals surface area contributed by atoms with Gasteiger partial charge in [0.1, 0.15) is 5.25 Å². The van der Waals surface area contributed by atoms with E-state index in [9.17, 15) is 9.00 Å². The molecule has 0 aromatic heterocycles. The first-order chi connectivity index (χ1) is 8.41. The van der Waals surface area contributed by atoms with Gasteiger partial charge in [-0.3, -0.25) is 9.00 Å². The van der Waals surface area contributed by atoms with Crippen LogP contribution in [0.1, 0.15) is 20.8 Å². The second kappa shape index (κ2) is 6.54. The fourth-order valence-corrected chi connectivity index (χ4v) is 2.68. The summed E-state index contributed by atoms with van der Waals surface area (Å²) in [6, 6.07) is 7.03. The minimum atomic E-state index is -1.16. The maximum absolute atomic E-state index is 11.9. The van der Waals surface area contributed by atoms with Crippen molar-refractivity contribution < 1.29 is 9.00 Å². The quantitative estimate of drug-likeness (QED) is 0.802. The van der Waals surface area contributed by atoms with Gasteiger partial charge in [-0.05, 0) is 25.0 Å². The number of para-hydroxylation sites is 2. The van der Waals surface area contributed by atoms with E-state index in [1.807, 2.05) is 13.8 Å². The highest BCUT2D eigenvalue weighted by Crippen LogP contribution is 2.17. The van der Waals surface area contributed by atoms with Crippen LogP contribution in [0.3, 0.4) is 0 Å². The first kappa shape index (κ1) is 14.7. The topological polar surface area (TPSA) is 72.2 Å². The van der Waals surface area contributed by atoms with E-state index in [-0.39, 0.29) is 5.91 Å². The number of nitrogens with one attached hydrogen (secondary N) is 1. The van der Waals surface area contributed by atoms with Crippen molar-refractivity contribution in [2.45, 2.75) is 26.0 Å². The van der Waals surface area contributed by atoms with Crippen molar-refractivity contribution in [2.75, 3.05) is 16.8 Å². The first-order valence-corrected chi connectivity index (χ1v) is 7.32. The molecule has 100 valence electrons. The Balaban J connectivity index is 2.66. The molecule has 0 aliphatic carbocycles. The van der Waals surface area contributed by atoms with Crippen molar-refractivity contribution in [1.29, 1.82) is 0 Å². The van der Waals surface area contributed by atoms with E-state index in [0.29, 0.717) is 23.0 Å². The van der Waals surface area contributed by atoms with Crippen LogP contribution >= 0.6 is 0 Å². The summed E-state index contributed by atoms with van der Waals surface area (Å²) in [5.74, 6) is 0.577. The molecule has 0 aliphatic heterocycles. The Bertz CT molecular complexity index is 446. The van der Waals surface area contributed by atoms with Crippen LogP contribution in [0.5, 0.6) is 0 Å². The van der Waals surface area contributed by atoms with Gasteiger partial charge in [-0.25, -0.2) is 0 Å². The number of carbonyl (C=O) groups excluding carboxylic acids is 1. The van der Waals surface area contributed by atoms with Crippen LogP contribution in [0.4, 0.5) is 11.4 Å². The average molecular weight is 268 g/mol. The van der Waals surface area contributed by atoms with Crippen LogP contribution in [0.2, 0.25) is 0 Å². The highest BCUT2D eigenvalue weighted by molar-refractivity contribution is 7.86. The van der Waals surface area contributed by atoms with E-state index in [1.165, 1.54) is 0 Å². The van der Waals surface area contributed by atoms with Crippen molar-refractivity contribution in [3.05, 3.63) is 24.3 Å². The lowest BCUT2D eigenvalue weighted by atomic mass is 10.2. The summed E-state index contributed by atoms with van der Waals surface area (Å²) in [7, 11) is -1.16. The van der Waals surface area contributed by atoms with E-state index in [0.717, 1.165) is 0 Å². The minimum Gasteiger partial charge on any atom is -0.397 e. The largest absolute Gasteiger partial charge is 0.397 e. The molecular weight excluding hydrogens is 248 g/mol. The minimum absolute atomic E-state index is 0.258. The Hall–Kier alpha value is -1.36. The summed E-state index contributed by atoms with van der Waals surface area (Å²) in [5, 5.41) is 2.17. The van der Waals surface area contributed by atoms with E-state index in [4.69, 9.17) is 5.73 Å². The third-order valence-corrected chi connectivity index (χ3v) is 4.48. The third-order valence-electron chi connectivity index (χ3n) is 2.48. The molecule has 1 aromatic carbocycles. The molecule has 4 nitrogen and oxygen atoms in total. The van der Waals surface area contributed by atoms with Gasteiger partial charge in [0.05, 0.1) is 11.4 Å². The van der Waals surface area contributed by atoms with Gasteiger partial charge in [0.15, 0.2) is 0 Å². The maximum Gasteiger partial charge on any atom is 0.239 e. The highest BCUT2D eigenvalue weighted by atomic mass is 32.2. The molecule has 0 bridgehead atoms. The molecule has 0 saturated heterocycles. The molecule has 3 N–H and O–H groups in total. The SMILES string of the molecule is CC(C)CS(=O)C(C)C(=O)Nc1ccccc1N. The summed E-state index contributed by atoms with van der Waals surface area (Å²) < 4.78 is 11.9. The molecule has 0 aliphatic rings. The lowest BCUT2D eigenvalue weighted by molar-refractivity contribution is -0.115. The Morgan fingerprint density at radius 1 is 1.33 bits per heavy atom. The van der Waals surface area contributed by atoms with Crippen molar-refractivity contribution in [3.63, 3.8) is 0 Å². The molecule has 0 radical (unpaired) electrons. The molecule has 18 heavy (non-hydrogen) atoms. The number of carbonyl (C=O) groups is 1. The van der Waals surface area contributed by atoms with Gasteiger partial charge < -0.3 is 11.1 Å². The van der Waals surface area contributed by atoms with Crippen LogP contribution in [0.25, 0.3) is 0 Å². The molecule has 1 aromatic rings. The lowest BCUT2D eigenvalue weighted by Crippen LogP contribution is -2.31. The Kier molecular flexibility index (Phi) is 5.34. The van der Waals surface area contributed by atoms with Crippen molar-refractivity contribution in [1.82, 2.24) is 0 Å². The van der Waals surface area contributed by atoms with Crippen molar-refractivity contribution in [2.24, 2.45) is 5.92 Å². The molecule has 0 saturated carbocycles. The summed E-state index contributed by atoms with van der Waals surface area (Å²) in [5.41, 5.74) is 6.81. The monoisotopic (exact) mass is 268 g/mol. The van der Waals surface area contributed by atoms with E-state index >= 15 is 0 Å². The van der Waals surface area contributed by atoms with E-state index < -0.39 is 16.0 Å². The number of rotatable bonds is 5. The molecular formula is C13H20N2O2S. The maximum atomic E-state index is 11.9. The summed E-state index contributed by atoms with van der Waals surface area (Å²) in [4.78, 5) is 11.9. The van der Waals surface area contributed by atoms with E-state index in [2.05, 4.69) is 5.32 Å². The zero-order valence-corrected chi connectivity index (χ0v) is 11.8. The second-order valence-electron chi connectivity index (χ2n) is 4.66. The number of anilines is 2. The van der Waals surface area contributed by atoms with Gasteiger partial charge in [0, 0.05) is 16.6 Å². The smallest absolute Gasteiger partial charge is 0.239 e. The Labute approximate surface area is 110 Å². The van der Waals surface area contributed by atoms with Crippen LogP contribution in [-0.4, -0.2) is 21.1 Å². The van der Waals surface area contributed by atoms with Crippen LogP contribution in [-0.2, 0) is 15.6 Å². The Morgan fingerprint density at radius 2 is 1.94 bits per heavy atom. The second-order valence-corrected chi connectivity index (χ2v) is 6.46. The fraction of sp³-hybridized carbons (Fsp3) is 0.462. The summed E-state index contributed by atoms with van der Waals surface area (Å²) in [6.07, 6.45) is 0. The number of hydrogen-bond acceptors (Lipinski definition) is 3. The molecule has 0 spiro atoms. The zero-order valence-electron chi connectivity index (χ0n) is 11.0. The molecule has 5 heteroatoms. The molecule has 1 amide bonds. The number of nitrogen functional groups attached to an aromatic ring is 1. The number of benzene rings is 1. The van der Waals surface area contributed by atoms with Crippen LogP contribution in [0.15, 0.2) is 24.3 Å². The van der Waals surface area contributed by atoms with Crippen LogP contribution < -0.4 is 11.1 Å². The molecule has 2 atom stereocenters. The van der Waals surface area contributed by atoms with Gasteiger partial charge in [0.25, 0.3) is 0 Å². The number of nitrogens with two attached hydrogens (primary N) is 1. The van der Waals surface area contributed by atoms with Gasteiger partial charge in [-0.15, -0.1) is 0 Å². The molecule has 0 fully saturated rings. The van der Waals surface area contributed by atoms with Gasteiger partial charge >= 0.3 is 0 Å². The Morgan fingerprint density at radius 3 is 2.50 bits per heavy atom. The molecule has 2 unspecified atom stereocenters. The third kappa shape index (κ3) is 4.14. The number of amides is 1. The first-order valence-electron chi connectivity index (χ1n) is 5.94.